The Hall–Kier alpha value is -0.860. The third-order valence-corrected chi connectivity index (χ3v) is 2.10. The molecule has 1 heterocycles. The standard InChI is InChI=1S/C10H12NO/c1-2-5-9(6-3-1)10-7-4-8-12-11-10/h1-3,5-6,10H,4,7-8H2. The maximum absolute atomic E-state index is 5.06. The fourth-order valence-corrected chi connectivity index (χ4v) is 1.44. The van der Waals surface area contributed by atoms with Crippen molar-refractivity contribution >= 4 is 0 Å². The number of hydrogen-bond donors (Lipinski definition) is 0. The fourth-order valence-electron chi connectivity index (χ4n) is 1.44. The van der Waals surface area contributed by atoms with Crippen molar-refractivity contribution in [3.8, 4) is 0 Å². The molecule has 1 atom stereocenters. The molecule has 0 spiro atoms. The summed E-state index contributed by atoms with van der Waals surface area (Å²) in [5.74, 6) is 0. The Balaban J connectivity index is 2.08. The third kappa shape index (κ3) is 1.65. The van der Waals surface area contributed by atoms with E-state index < -0.39 is 0 Å². The van der Waals surface area contributed by atoms with Crippen molar-refractivity contribution < 1.29 is 4.84 Å². The summed E-state index contributed by atoms with van der Waals surface area (Å²) in [4.78, 5) is 5.06. The van der Waals surface area contributed by atoms with Crippen LogP contribution in [0.1, 0.15) is 24.4 Å². The molecule has 1 aromatic rings. The average molecular weight is 162 g/mol. The highest BCUT2D eigenvalue weighted by Crippen LogP contribution is 2.22. The van der Waals surface area contributed by atoms with Crippen molar-refractivity contribution in [2.24, 2.45) is 0 Å². The predicted octanol–water partition coefficient (Wildman–Crippen LogP) is 2.06. The van der Waals surface area contributed by atoms with Gasteiger partial charge in [-0.15, -0.1) is 0 Å². The molecule has 0 saturated carbocycles. The van der Waals surface area contributed by atoms with E-state index in [1.807, 2.05) is 18.2 Å². The van der Waals surface area contributed by atoms with E-state index in [9.17, 15) is 0 Å². The topological polar surface area (TPSA) is 23.3 Å². The van der Waals surface area contributed by atoms with Gasteiger partial charge in [-0.25, -0.2) is 0 Å². The summed E-state index contributed by atoms with van der Waals surface area (Å²) >= 11 is 0. The first-order valence-electron chi connectivity index (χ1n) is 4.34. The molecule has 1 saturated heterocycles. The SMILES string of the molecule is c1ccc(C2CCCO[N]2)cc1. The Morgan fingerprint density at radius 3 is 2.75 bits per heavy atom. The molecule has 12 heavy (non-hydrogen) atoms. The van der Waals surface area contributed by atoms with Gasteiger partial charge in [-0.3, -0.25) is 4.84 Å². The van der Waals surface area contributed by atoms with Crippen molar-refractivity contribution in [1.29, 1.82) is 0 Å². The van der Waals surface area contributed by atoms with Gasteiger partial charge in [-0.2, -0.15) is 0 Å². The van der Waals surface area contributed by atoms with Crippen molar-refractivity contribution in [2.75, 3.05) is 6.61 Å². The summed E-state index contributed by atoms with van der Waals surface area (Å²) in [5.41, 5.74) is 5.36. The van der Waals surface area contributed by atoms with E-state index in [-0.39, 0.29) is 6.04 Å². The van der Waals surface area contributed by atoms with Gasteiger partial charge in [0.2, 0.25) is 0 Å². The molecule has 2 nitrogen and oxygen atoms in total. The quantitative estimate of drug-likeness (QED) is 0.620. The van der Waals surface area contributed by atoms with E-state index >= 15 is 0 Å². The molecule has 1 aliphatic heterocycles. The second-order valence-electron chi connectivity index (χ2n) is 3.01. The van der Waals surface area contributed by atoms with Gasteiger partial charge in [0.05, 0.1) is 12.6 Å². The van der Waals surface area contributed by atoms with Crippen LogP contribution >= 0.6 is 0 Å². The molecule has 0 amide bonds. The lowest BCUT2D eigenvalue weighted by Gasteiger charge is -2.20. The van der Waals surface area contributed by atoms with Gasteiger partial charge in [-0.05, 0) is 18.4 Å². The third-order valence-electron chi connectivity index (χ3n) is 2.10. The van der Waals surface area contributed by atoms with E-state index in [1.165, 1.54) is 5.56 Å². The smallest absolute Gasteiger partial charge is 0.0788 e. The lowest BCUT2D eigenvalue weighted by molar-refractivity contribution is -0.0277. The second kappa shape index (κ2) is 3.70. The molecule has 63 valence electrons. The van der Waals surface area contributed by atoms with Crippen molar-refractivity contribution in [1.82, 2.24) is 5.48 Å². The van der Waals surface area contributed by atoms with Crippen molar-refractivity contribution in [2.45, 2.75) is 18.9 Å². The van der Waals surface area contributed by atoms with Gasteiger partial charge >= 0.3 is 0 Å². The van der Waals surface area contributed by atoms with Gasteiger partial charge in [0.1, 0.15) is 0 Å². The summed E-state index contributed by atoms with van der Waals surface area (Å²) < 4.78 is 0. The zero-order valence-electron chi connectivity index (χ0n) is 6.94. The molecule has 0 aliphatic carbocycles. The first kappa shape index (κ1) is 7.77. The highest BCUT2D eigenvalue weighted by atomic mass is 16.6. The minimum atomic E-state index is 0.264. The molecule has 1 aliphatic rings. The minimum absolute atomic E-state index is 0.264. The van der Waals surface area contributed by atoms with Gasteiger partial charge in [0, 0.05) is 0 Å². The molecule has 0 bridgehead atoms. The van der Waals surface area contributed by atoms with Crippen LogP contribution in [0, 0.1) is 0 Å². The monoisotopic (exact) mass is 162 g/mol. The summed E-state index contributed by atoms with van der Waals surface area (Å²) in [6.07, 6.45) is 2.23. The number of nitrogens with zero attached hydrogens (tertiary/aromatic N) is 1. The molecule has 1 radical (unpaired) electrons. The molecular formula is C10H12NO. The molecule has 1 fully saturated rings. The van der Waals surface area contributed by atoms with E-state index in [4.69, 9.17) is 4.84 Å². The second-order valence-corrected chi connectivity index (χ2v) is 3.01. The lowest BCUT2D eigenvalue weighted by atomic mass is 10.0. The van der Waals surface area contributed by atoms with Gasteiger partial charge in [-0.1, -0.05) is 35.8 Å². The summed E-state index contributed by atoms with van der Waals surface area (Å²) in [5, 5.41) is 0. The van der Waals surface area contributed by atoms with Crippen LogP contribution in [0.3, 0.4) is 0 Å². The summed E-state index contributed by atoms with van der Waals surface area (Å²) in [6, 6.07) is 10.6. The largest absolute Gasteiger partial charge is 0.281 e. The minimum Gasteiger partial charge on any atom is -0.281 e. The summed E-state index contributed by atoms with van der Waals surface area (Å²) in [7, 11) is 0. The van der Waals surface area contributed by atoms with Crippen LogP contribution in [0.5, 0.6) is 0 Å². The first-order valence-corrected chi connectivity index (χ1v) is 4.34. The van der Waals surface area contributed by atoms with Gasteiger partial charge in [0.15, 0.2) is 0 Å². The van der Waals surface area contributed by atoms with Crippen LogP contribution in [0.25, 0.3) is 0 Å². The number of hydrogen-bond acceptors (Lipinski definition) is 1. The Bertz CT molecular complexity index is 229. The highest BCUT2D eigenvalue weighted by molar-refractivity contribution is 5.18. The molecule has 1 aromatic carbocycles. The Kier molecular flexibility index (Phi) is 2.39. The van der Waals surface area contributed by atoms with Crippen molar-refractivity contribution in [3.63, 3.8) is 0 Å². The predicted molar refractivity (Wildman–Crippen MR) is 46.5 cm³/mol. The van der Waals surface area contributed by atoms with E-state index in [1.54, 1.807) is 0 Å². The van der Waals surface area contributed by atoms with E-state index in [0.29, 0.717) is 0 Å². The van der Waals surface area contributed by atoms with Crippen molar-refractivity contribution in [3.05, 3.63) is 35.9 Å². The Labute approximate surface area is 72.5 Å². The van der Waals surface area contributed by atoms with E-state index in [2.05, 4.69) is 17.6 Å². The highest BCUT2D eigenvalue weighted by Gasteiger charge is 2.16. The molecule has 0 aromatic heterocycles. The number of hydroxylamine groups is 1. The molecular weight excluding hydrogens is 150 g/mol. The van der Waals surface area contributed by atoms with E-state index in [0.717, 1.165) is 19.4 Å². The maximum atomic E-state index is 5.06. The normalized spacial score (nSPS) is 23.8. The van der Waals surface area contributed by atoms with Gasteiger partial charge < -0.3 is 0 Å². The number of benzene rings is 1. The van der Waals surface area contributed by atoms with Crippen LogP contribution in [0.4, 0.5) is 0 Å². The molecule has 0 N–H and O–H groups in total. The maximum Gasteiger partial charge on any atom is 0.0788 e. The molecule has 2 heteroatoms. The van der Waals surface area contributed by atoms with Crippen LogP contribution in [0.15, 0.2) is 30.3 Å². The first-order chi connectivity index (χ1) is 5.97. The number of rotatable bonds is 1. The fraction of sp³-hybridized carbons (Fsp3) is 0.400. The average Bonchev–Trinajstić information content (AvgIpc) is 2.21. The zero-order chi connectivity index (χ0) is 8.23. The lowest BCUT2D eigenvalue weighted by Crippen LogP contribution is -2.21. The molecule has 2 rings (SSSR count). The van der Waals surface area contributed by atoms with Gasteiger partial charge in [0.25, 0.3) is 0 Å². The van der Waals surface area contributed by atoms with Crippen LogP contribution in [0.2, 0.25) is 0 Å². The Morgan fingerprint density at radius 1 is 1.25 bits per heavy atom. The van der Waals surface area contributed by atoms with Crippen LogP contribution < -0.4 is 5.48 Å². The zero-order valence-corrected chi connectivity index (χ0v) is 6.94. The van der Waals surface area contributed by atoms with Crippen LogP contribution in [-0.4, -0.2) is 6.61 Å². The van der Waals surface area contributed by atoms with Crippen LogP contribution in [-0.2, 0) is 4.84 Å². The Morgan fingerprint density at radius 2 is 2.08 bits per heavy atom. The molecule has 1 unspecified atom stereocenters. The summed E-state index contributed by atoms with van der Waals surface area (Å²) in [6.45, 7) is 0.781.